The first-order valence-electron chi connectivity index (χ1n) is 19.6. The normalized spacial score (nSPS) is 18.2. The van der Waals surface area contributed by atoms with Gasteiger partial charge in [-0.15, -0.1) is 22.7 Å². The summed E-state index contributed by atoms with van der Waals surface area (Å²) in [6, 6.07) is 25.9. The van der Waals surface area contributed by atoms with Crippen molar-refractivity contribution in [2.75, 3.05) is 38.3 Å². The summed E-state index contributed by atoms with van der Waals surface area (Å²) >= 11 is 5.03. The maximum Gasteiger partial charge on any atom is 0.332 e. The second-order valence-electron chi connectivity index (χ2n) is 14.9. The van der Waals surface area contributed by atoms with Crippen molar-refractivity contribution < 1.29 is 14.3 Å². The van der Waals surface area contributed by atoms with E-state index in [4.69, 9.17) is 14.5 Å². The predicted octanol–water partition coefficient (Wildman–Crippen LogP) is 8.63. The van der Waals surface area contributed by atoms with E-state index in [-0.39, 0.29) is 29.2 Å². The topological polar surface area (TPSA) is 95.1 Å². The highest BCUT2D eigenvalue weighted by Gasteiger charge is 2.35. The molecule has 0 saturated carbocycles. The van der Waals surface area contributed by atoms with Crippen molar-refractivity contribution in [2.24, 2.45) is 4.99 Å². The number of carbonyl (C=O) groups is 1. The van der Waals surface area contributed by atoms with Crippen molar-refractivity contribution in [3.05, 3.63) is 138 Å². The van der Waals surface area contributed by atoms with Gasteiger partial charge in [0.2, 0.25) is 0 Å². The molecule has 2 fully saturated rings. The third-order valence-corrected chi connectivity index (χ3v) is 14.9. The van der Waals surface area contributed by atoms with Crippen molar-refractivity contribution in [3.8, 4) is 21.9 Å². The second kappa shape index (κ2) is 15.8. The highest BCUT2D eigenvalue weighted by atomic mass is 32.2. The summed E-state index contributed by atoms with van der Waals surface area (Å²) < 4.78 is 15.5. The minimum Gasteiger partial charge on any atom is -0.493 e. The molecule has 3 aromatic carbocycles. The van der Waals surface area contributed by atoms with Crippen LogP contribution in [-0.2, 0) is 6.54 Å². The van der Waals surface area contributed by atoms with Crippen molar-refractivity contribution in [3.63, 3.8) is 0 Å². The van der Waals surface area contributed by atoms with Crippen molar-refractivity contribution in [1.82, 2.24) is 14.0 Å². The Kier molecular flexibility index (Phi) is 10.4. The molecule has 0 N–H and O–H groups in total. The van der Waals surface area contributed by atoms with E-state index in [2.05, 4.69) is 25.1 Å². The first kappa shape index (κ1) is 37.7. The highest BCUT2D eigenvalue weighted by molar-refractivity contribution is 7.99. The molecule has 0 spiro atoms. The van der Waals surface area contributed by atoms with Gasteiger partial charge in [-0.05, 0) is 97.3 Å². The predicted molar refractivity (Wildman–Crippen MR) is 233 cm³/mol. The number of piperidine rings is 1. The molecule has 6 heterocycles. The average molecular weight is 817 g/mol. The number of benzene rings is 3. The molecule has 9 nitrogen and oxygen atoms in total. The molecule has 0 radical (unpaired) electrons. The molecule has 0 unspecified atom stereocenters. The number of aryl methyl sites for hydroxylation is 1. The van der Waals surface area contributed by atoms with Gasteiger partial charge in [-0.1, -0.05) is 42.5 Å². The number of thioether (sulfide) groups is 1. The molecule has 0 aliphatic carbocycles. The maximum atomic E-state index is 14.4. The molecule has 3 aliphatic heterocycles. The molecule has 292 valence electrons. The summed E-state index contributed by atoms with van der Waals surface area (Å²) in [6.07, 6.45) is 2.05. The van der Waals surface area contributed by atoms with Gasteiger partial charge in [0.05, 0.1) is 37.5 Å². The summed E-state index contributed by atoms with van der Waals surface area (Å²) in [5.41, 5.74) is 7.04. The van der Waals surface area contributed by atoms with Crippen molar-refractivity contribution in [1.29, 1.82) is 0 Å². The number of hydrogen-bond donors (Lipinski definition) is 0. The van der Waals surface area contributed by atoms with Gasteiger partial charge in [0, 0.05) is 57.2 Å². The van der Waals surface area contributed by atoms with Crippen LogP contribution in [0, 0.1) is 6.92 Å². The number of methoxy groups -OCH3 is 1. The number of likely N-dealkylation sites (tertiary alicyclic amines) is 1. The van der Waals surface area contributed by atoms with E-state index in [0.29, 0.717) is 66.5 Å². The molecule has 9 rings (SSSR count). The Morgan fingerprint density at radius 1 is 0.930 bits per heavy atom. The highest BCUT2D eigenvalue weighted by Crippen LogP contribution is 2.44. The number of thiophene rings is 2. The van der Waals surface area contributed by atoms with Crippen LogP contribution >= 0.6 is 34.4 Å². The number of hydrogen-bond acceptors (Lipinski definition) is 9. The third kappa shape index (κ3) is 6.95. The molecule has 6 aromatic rings. The van der Waals surface area contributed by atoms with Gasteiger partial charge in [-0.2, -0.15) is 11.8 Å². The number of nitrogens with zero attached hydrogens (tertiary/aromatic N) is 4. The average Bonchev–Trinajstić information content (AvgIpc) is 3.89. The number of aliphatic imine (C=N–C) groups is 1. The number of fused-ring (bicyclic) bond motifs is 4. The molecule has 57 heavy (non-hydrogen) atoms. The summed E-state index contributed by atoms with van der Waals surface area (Å²) in [4.78, 5) is 51.7. The first-order chi connectivity index (χ1) is 27.8. The number of aromatic nitrogens is 2. The SMILES string of the molecule is CCOc1cc2c(cc1OC)C(c1ccc(C(=O)N3CCC(n4c(=O)c5sc(-c6ccccc6)cc5n(Cc5sccc5C)c4=O)CC3)cc1)=N[C@@H]1CCSC[C@H]21. The first-order valence-corrected chi connectivity index (χ1v) is 22.5. The van der Waals surface area contributed by atoms with Gasteiger partial charge in [-0.25, -0.2) is 4.79 Å². The van der Waals surface area contributed by atoms with Crippen LogP contribution in [0.5, 0.6) is 11.5 Å². The lowest BCUT2D eigenvalue weighted by Gasteiger charge is -2.35. The zero-order valence-electron chi connectivity index (χ0n) is 32.2. The minimum absolute atomic E-state index is 0.0579. The summed E-state index contributed by atoms with van der Waals surface area (Å²) in [7, 11) is 1.66. The molecule has 0 bridgehead atoms. The Morgan fingerprint density at radius 2 is 1.72 bits per heavy atom. The van der Waals surface area contributed by atoms with Crippen LogP contribution in [0.4, 0.5) is 0 Å². The van der Waals surface area contributed by atoms with Crippen molar-refractivity contribution >= 4 is 56.3 Å². The van der Waals surface area contributed by atoms with Gasteiger partial charge < -0.3 is 14.4 Å². The number of amides is 1. The van der Waals surface area contributed by atoms with Crippen LogP contribution in [0.15, 0.2) is 98.8 Å². The van der Waals surface area contributed by atoms with Gasteiger partial charge in [0.1, 0.15) is 4.70 Å². The summed E-state index contributed by atoms with van der Waals surface area (Å²) in [5, 5.41) is 2.04. The van der Waals surface area contributed by atoms with Gasteiger partial charge in [-0.3, -0.25) is 23.7 Å². The number of rotatable bonds is 9. The Balaban J connectivity index is 0.968. The van der Waals surface area contributed by atoms with E-state index < -0.39 is 0 Å². The summed E-state index contributed by atoms with van der Waals surface area (Å²) in [6.45, 7) is 5.88. The maximum absolute atomic E-state index is 14.4. The summed E-state index contributed by atoms with van der Waals surface area (Å²) in [5.74, 6) is 3.81. The van der Waals surface area contributed by atoms with E-state index in [1.165, 1.54) is 21.5 Å². The van der Waals surface area contributed by atoms with E-state index in [1.807, 2.05) is 89.6 Å². The van der Waals surface area contributed by atoms with Crippen molar-refractivity contribution in [2.45, 2.75) is 57.7 Å². The van der Waals surface area contributed by atoms with Crippen LogP contribution in [-0.4, -0.2) is 70.0 Å². The van der Waals surface area contributed by atoms with Gasteiger partial charge in [0.25, 0.3) is 11.5 Å². The lowest BCUT2D eigenvalue weighted by Crippen LogP contribution is -2.46. The van der Waals surface area contributed by atoms with E-state index in [9.17, 15) is 14.4 Å². The molecular formula is C45H44N4O5S3. The molecular weight excluding hydrogens is 773 g/mol. The zero-order chi connectivity index (χ0) is 39.2. The van der Waals surface area contributed by atoms with Crippen LogP contribution < -0.4 is 20.7 Å². The van der Waals surface area contributed by atoms with E-state index >= 15 is 0 Å². The fourth-order valence-corrected chi connectivity index (χ4v) is 11.8. The molecule has 2 atom stereocenters. The third-order valence-electron chi connectivity index (χ3n) is 11.6. The Labute approximate surface area is 343 Å². The molecule has 3 aromatic heterocycles. The molecule has 2 saturated heterocycles. The Bertz CT molecular complexity index is 2620. The van der Waals surface area contributed by atoms with Gasteiger partial charge in [0.15, 0.2) is 11.5 Å². The smallest absolute Gasteiger partial charge is 0.332 e. The second-order valence-corrected chi connectivity index (χ2v) is 18.1. The quantitative estimate of drug-likeness (QED) is 0.145. The minimum atomic E-state index is -0.314. The lowest BCUT2D eigenvalue weighted by molar-refractivity contribution is 0.0691. The number of carbonyl (C=O) groups excluding carboxylic acids is 1. The van der Waals surface area contributed by atoms with Crippen LogP contribution in [0.25, 0.3) is 20.7 Å². The van der Waals surface area contributed by atoms with Gasteiger partial charge >= 0.3 is 5.69 Å². The molecule has 3 aliphatic rings. The van der Waals surface area contributed by atoms with Crippen LogP contribution in [0.2, 0.25) is 0 Å². The zero-order valence-corrected chi connectivity index (χ0v) is 34.7. The largest absolute Gasteiger partial charge is 0.493 e. The standard InChI is InChI=1S/C45H44N4O5S3/c1-4-54-38-22-32-33(23-37(38)53-3)41(46-35-17-20-55-26-34(32)35)29-10-12-30(13-11-29)43(50)47-18-14-31(15-19-47)49-44(51)42-36(24-39(57-42)28-8-6-5-7-9-28)48(45(49)52)25-40-27(2)16-21-56-40/h5-13,16,21-24,31,34-35H,4,14-15,17-20,25-26H2,1-3H3/t34-,35-/m1/s1. The Morgan fingerprint density at radius 3 is 2.44 bits per heavy atom. The lowest BCUT2D eigenvalue weighted by atomic mass is 9.81. The van der Waals surface area contributed by atoms with Crippen LogP contribution in [0.1, 0.15) is 75.6 Å². The number of ether oxygens (including phenoxy) is 2. The fraction of sp³-hybridized carbons (Fsp3) is 0.333. The monoisotopic (exact) mass is 816 g/mol. The molecule has 12 heteroatoms. The van der Waals surface area contributed by atoms with E-state index in [0.717, 1.165) is 61.4 Å². The van der Waals surface area contributed by atoms with Crippen LogP contribution in [0.3, 0.4) is 0 Å². The molecule has 1 amide bonds. The van der Waals surface area contributed by atoms with E-state index in [1.54, 1.807) is 23.0 Å². The Hall–Kier alpha value is -4.91. The fourth-order valence-electron chi connectivity index (χ4n) is 8.53.